The summed E-state index contributed by atoms with van der Waals surface area (Å²) in [5.41, 5.74) is 1.64. The van der Waals surface area contributed by atoms with E-state index in [0.29, 0.717) is 17.3 Å². The quantitative estimate of drug-likeness (QED) is 0.815. The van der Waals surface area contributed by atoms with Crippen LogP contribution >= 0.6 is 0 Å². The number of rotatable bonds is 5. The number of carbonyl (C=O) groups excluding carboxylic acids is 2. The zero-order valence-electron chi connectivity index (χ0n) is 13.1. The molecule has 1 aliphatic heterocycles. The molecule has 0 spiro atoms. The molecule has 1 saturated carbocycles. The molecule has 1 saturated heterocycles. The standard InChI is InChI=1S/C16H23N3O3/c1-10-9-12(13(17-10)16(21)22-2)18-15(20)14(11-5-6-11)19-7-3-4-8-19/h9,11,14,17H,3-8H2,1-2H3,(H,18,20)/t14-/m0/s1. The second-order valence-electron chi connectivity index (χ2n) is 6.25. The first-order chi connectivity index (χ1) is 10.6. The Bertz CT molecular complexity index is 571. The third kappa shape index (κ3) is 3.02. The number of likely N-dealkylation sites (tertiary alicyclic amines) is 1. The van der Waals surface area contributed by atoms with Crippen LogP contribution in [0.2, 0.25) is 0 Å². The molecule has 1 aromatic rings. The maximum Gasteiger partial charge on any atom is 0.356 e. The van der Waals surface area contributed by atoms with Crippen LogP contribution in [0, 0.1) is 12.8 Å². The summed E-state index contributed by atoms with van der Waals surface area (Å²) in [6.07, 6.45) is 4.55. The third-order valence-corrected chi connectivity index (χ3v) is 4.47. The number of esters is 1. The van der Waals surface area contributed by atoms with Crippen molar-refractivity contribution in [2.45, 2.75) is 38.6 Å². The Kier molecular flexibility index (Phi) is 4.20. The van der Waals surface area contributed by atoms with Gasteiger partial charge in [-0.1, -0.05) is 0 Å². The molecule has 22 heavy (non-hydrogen) atoms. The molecule has 2 fully saturated rings. The van der Waals surface area contributed by atoms with Gasteiger partial charge in [0.1, 0.15) is 5.69 Å². The molecule has 0 bridgehead atoms. The fraction of sp³-hybridized carbons (Fsp3) is 0.625. The van der Waals surface area contributed by atoms with Crippen molar-refractivity contribution in [1.29, 1.82) is 0 Å². The monoisotopic (exact) mass is 305 g/mol. The molecule has 2 N–H and O–H groups in total. The van der Waals surface area contributed by atoms with E-state index in [1.165, 1.54) is 7.11 Å². The van der Waals surface area contributed by atoms with Gasteiger partial charge in [0, 0.05) is 5.69 Å². The maximum absolute atomic E-state index is 12.7. The van der Waals surface area contributed by atoms with Crippen molar-refractivity contribution >= 4 is 17.6 Å². The zero-order valence-corrected chi connectivity index (χ0v) is 13.1. The van der Waals surface area contributed by atoms with Crippen LogP contribution in [-0.2, 0) is 9.53 Å². The summed E-state index contributed by atoms with van der Waals surface area (Å²) in [5.74, 6) is -0.0131. The van der Waals surface area contributed by atoms with Crippen LogP contribution in [-0.4, -0.2) is 48.0 Å². The number of anilines is 1. The van der Waals surface area contributed by atoms with Gasteiger partial charge in [-0.3, -0.25) is 9.69 Å². The molecule has 2 aliphatic rings. The number of nitrogens with zero attached hydrogens (tertiary/aromatic N) is 1. The van der Waals surface area contributed by atoms with Gasteiger partial charge >= 0.3 is 5.97 Å². The van der Waals surface area contributed by atoms with Crippen molar-refractivity contribution in [3.05, 3.63) is 17.5 Å². The third-order valence-electron chi connectivity index (χ3n) is 4.47. The summed E-state index contributed by atoms with van der Waals surface area (Å²) in [6, 6.07) is 1.71. The molecule has 1 atom stereocenters. The number of methoxy groups -OCH3 is 1. The largest absolute Gasteiger partial charge is 0.464 e. The van der Waals surface area contributed by atoms with Crippen LogP contribution in [0.15, 0.2) is 6.07 Å². The Morgan fingerprint density at radius 1 is 1.36 bits per heavy atom. The van der Waals surface area contributed by atoms with Gasteiger partial charge in [-0.2, -0.15) is 0 Å². The molecule has 1 aliphatic carbocycles. The van der Waals surface area contributed by atoms with E-state index in [0.717, 1.165) is 44.5 Å². The maximum atomic E-state index is 12.7. The topological polar surface area (TPSA) is 74.4 Å². The first kappa shape index (κ1) is 15.1. The number of aryl methyl sites for hydroxylation is 1. The van der Waals surface area contributed by atoms with E-state index < -0.39 is 5.97 Å². The number of ether oxygens (including phenoxy) is 1. The minimum atomic E-state index is -0.465. The Morgan fingerprint density at radius 3 is 2.64 bits per heavy atom. The van der Waals surface area contributed by atoms with Gasteiger partial charge in [0.2, 0.25) is 5.91 Å². The van der Waals surface area contributed by atoms with Crippen LogP contribution in [0.1, 0.15) is 41.9 Å². The molecule has 0 radical (unpaired) electrons. The minimum Gasteiger partial charge on any atom is -0.464 e. The molecule has 3 rings (SSSR count). The van der Waals surface area contributed by atoms with Crippen molar-refractivity contribution in [2.75, 3.05) is 25.5 Å². The van der Waals surface area contributed by atoms with Crippen LogP contribution in [0.25, 0.3) is 0 Å². The highest BCUT2D eigenvalue weighted by Crippen LogP contribution is 2.37. The van der Waals surface area contributed by atoms with Crippen LogP contribution in [0.3, 0.4) is 0 Å². The number of nitrogens with one attached hydrogen (secondary N) is 2. The lowest BCUT2D eigenvalue weighted by Crippen LogP contribution is -2.44. The van der Waals surface area contributed by atoms with Gasteiger partial charge in [0.15, 0.2) is 0 Å². The molecular formula is C16H23N3O3. The number of aromatic nitrogens is 1. The van der Waals surface area contributed by atoms with Gasteiger partial charge in [0.05, 0.1) is 18.8 Å². The first-order valence-corrected chi connectivity index (χ1v) is 7.93. The van der Waals surface area contributed by atoms with E-state index in [9.17, 15) is 9.59 Å². The van der Waals surface area contributed by atoms with Crippen molar-refractivity contribution < 1.29 is 14.3 Å². The second kappa shape index (κ2) is 6.12. The lowest BCUT2D eigenvalue weighted by molar-refractivity contribution is -0.121. The molecule has 0 unspecified atom stereocenters. The smallest absolute Gasteiger partial charge is 0.356 e. The molecule has 2 heterocycles. The summed E-state index contributed by atoms with van der Waals surface area (Å²) in [4.78, 5) is 29.8. The molecule has 1 aromatic heterocycles. The summed E-state index contributed by atoms with van der Waals surface area (Å²) in [7, 11) is 1.33. The van der Waals surface area contributed by atoms with Crippen molar-refractivity contribution in [2.24, 2.45) is 5.92 Å². The number of hydrogen-bond donors (Lipinski definition) is 2. The zero-order chi connectivity index (χ0) is 15.7. The van der Waals surface area contributed by atoms with Crippen molar-refractivity contribution in [3.8, 4) is 0 Å². The Labute approximate surface area is 130 Å². The number of amides is 1. The van der Waals surface area contributed by atoms with Gasteiger partial charge in [-0.15, -0.1) is 0 Å². The predicted octanol–water partition coefficient (Wildman–Crippen LogP) is 1.92. The normalized spacial score (nSPS) is 19.9. The fourth-order valence-corrected chi connectivity index (χ4v) is 3.27. The number of carbonyl (C=O) groups is 2. The molecule has 120 valence electrons. The molecule has 0 aromatic carbocycles. The molecule has 1 amide bonds. The Morgan fingerprint density at radius 2 is 2.05 bits per heavy atom. The average molecular weight is 305 g/mol. The van der Waals surface area contributed by atoms with E-state index in [4.69, 9.17) is 4.74 Å². The van der Waals surface area contributed by atoms with Gasteiger partial charge in [0.25, 0.3) is 0 Å². The van der Waals surface area contributed by atoms with E-state index in [1.54, 1.807) is 6.07 Å². The molecule has 6 nitrogen and oxygen atoms in total. The van der Waals surface area contributed by atoms with Gasteiger partial charge < -0.3 is 15.0 Å². The summed E-state index contributed by atoms with van der Waals surface area (Å²) in [6.45, 7) is 3.83. The van der Waals surface area contributed by atoms with Crippen LogP contribution < -0.4 is 5.32 Å². The van der Waals surface area contributed by atoms with E-state index in [1.807, 2.05) is 6.92 Å². The highest BCUT2D eigenvalue weighted by Gasteiger charge is 2.41. The highest BCUT2D eigenvalue weighted by molar-refractivity contribution is 6.02. The molecule has 6 heteroatoms. The Hall–Kier alpha value is -1.82. The molecular weight excluding hydrogens is 282 g/mol. The Balaban J connectivity index is 1.76. The number of aromatic amines is 1. The lowest BCUT2D eigenvalue weighted by Gasteiger charge is -2.26. The second-order valence-corrected chi connectivity index (χ2v) is 6.25. The van der Waals surface area contributed by atoms with E-state index >= 15 is 0 Å². The lowest BCUT2D eigenvalue weighted by atomic mass is 10.1. The number of H-pyrrole nitrogens is 1. The number of hydrogen-bond acceptors (Lipinski definition) is 4. The van der Waals surface area contributed by atoms with Crippen LogP contribution in [0.5, 0.6) is 0 Å². The van der Waals surface area contributed by atoms with Crippen molar-refractivity contribution in [3.63, 3.8) is 0 Å². The van der Waals surface area contributed by atoms with Gasteiger partial charge in [-0.25, -0.2) is 4.79 Å². The highest BCUT2D eigenvalue weighted by atomic mass is 16.5. The minimum absolute atomic E-state index is 0.00597. The fourth-order valence-electron chi connectivity index (χ4n) is 3.27. The van der Waals surface area contributed by atoms with Crippen molar-refractivity contribution in [1.82, 2.24) is 9.88 Å². The summed E-state index contributed by atoms with van der Waals surface area (Å²) >= 11 is 0. The SMILES string of the molecule is COC(=O)c1[nH]c(C)cc1NC(=O)[C@H](C1CC1)N1CCCC1. The predicted molar refractivity (Wildman–Crippen MR) is 82.8 cm³/mol. The first-order valence-electron chi connectivity index (χ1n) is 7.93. The summed E-state index contributed by atoms with van der Waals surface area (Å²) < 4.78 is 4.76. The van der Waals surface area contributed by atoms with E-state index in [-0.39, 0.29) is 11.9 Å². The average Bonchev–Trinajstić information content (AvgIpc) is 3.03. The summed E-state index contributed by atoms with van der Waals surface area (Å²) in [5, 5.41) is 2.93. The van der Waals surface area contributed by atoms with Crippen LogP contribution in [0.4, 0.5) is 5.69 Å². The van der Waals surface area contributed by atoms with Gasteiger partial charge in [-0.05, 0) is 57.7 Å². The van der Waals surface area contributed by atoms with E-state index in [2.05, 4.69) is 15.2 Å².